The van der Waals surface area contributed by atoms with Gasteiger partial charge in [-0.3, -0.25) is 0 Å². The van der Waals surface area contributed by atoms with Gasteiger partial charge in [0.05, 0.1) is 0 Å². The van der Waals surface area contributed by atoms with Gasteiger partial charge in [-0.15, -0.1) is 0 Å². The highest BCUT2D eigenvalue weighted by Gasteiger charge is 2.01. The zero-order valence-electron chi connectivity index (χ0n) is 7.12. The highest BCUT2D eigenvalue weighted by Crippen LogP contribution is 2.21. The van der Waals surface area contributed by atoms with Gasteiger partial charge in [-0.25, -0.2) is 0 Å². The van der Waals surface area contributed by atoms with Crippen molar-refractivity contribution >= 4 is 5.57 Å². The lowest BCUT2D eigenvalue weighted by Gasteiger charge is -2.01. The summed E-state index contributed by atoms with van der Waals surface area (Å²) in [5.41, 5.74) is 3.91. The van der Waals surface area contributed by atoms with Crippen molar-refractivity contribution in [1.82, 2.24) is 0 Å². The van der Waals surface area contributed by atoms with Crippen LogP contribution < -0.4 is 0 Å². The lowest BCUT2D eigenvalue weighted by atomic mass is 10.0. The lowest BCUT2D eigenvalue weighted by molar-refractivity contribution is 1.45. The SMILES string of the molecule is Cc1ccc(C2=CC=C[CH]2)cc1. The molecule has 0 aliphatic heterocycles. The van der Waals surface area contributed by atoms with Crippen molar-refractivity contribution < 1.29 is 0 Å². The molecular formula is C12H11. The third-order valence-corrected chi connectivity index (χ3v) is 2.05. The maximum atomic E-state index is 2.16. The molecule has 0 aromatic heterocycles. The summed E-state index contributed by atoms with van der Waals surface area (Å²) in [6, 6.07) is 8.60. The van der Waals surface area contributed by atoms with E-state index in [0.717, 1.165) is 0 Å². The van der Waals surface area contributed by atoms with Crippen molar-refractivity contribution in [1.29, 1.82) is 0 Å². The number of aryl methyl sites for hydroxylation is 1. The first-order chi connectivity index (χ1) is 5.86. The predicted octanol–water partition coefficient (Wildman–Crippen LogP) is 3.15. The third kappa shape index (κ3) is 1.33. The molecule has 0 saturated heterocycles. The monoisotopic (exact) mass is 155 g/mol. The summed E-state index contributed by atoms with van der Waals surface area (Å²) in [5, 5.41) is 0. The molecule has 59 valence electrons. The quantitative estimate of drug-likeness (QED) is 0.584. The van der Waals surface area contributed by atoms with Crippen LogP contribution in [0.3, 0.4) is 0 Å². The van der Waals surface area contributed by atoms with Crippen molar-refractivity contribution in [3.05, 3.63) is 60.0 Å². The van der Waals surface area contributed by atoms with Crippen molar-refractivity contribution in [3.8, 4) is 0 Å². The molecule has 0 nitrogen and oxygen atoms in total. The largest absolute Gasteiger partial charge is 0.0760 e. The molecule has 0 unspecified atom stereocenters. The van der Waals surface area contributed by atoms with Crippen molar-refractivity contribution in [2.75, 3.05) is 0 Å². The number of rotatable bonds is 1. The molecule has 1 aromatic carbocycles. The molecule has 0 bridgehead atoms. The van der Waals surface area contributed by atoms with Gasteiger partial charge >= 0.3 is 0 Å². The van der Waals surface area contributed by atoms with Crippen LogP contribution in [0, 0.1) is 13.3 Å². The second-order valence-electron chi connectivity index (χ2n) is 3.04. The fourth-order valence-corrected chi connectivity index (χ4v) is 1.31. The van der Waals surface area contributed by atoms with Gasteiger partial charge in [0.1, 0.15) is 0 Å². The third-order valence-electron chi connectivity index (χ3n) is 2.05. The lowest BCUT2D eigenvalue weighted by Crippen LogP contribution is -1.80. The van der Waals surface area contributed by atoms with E-state index in [9.17, 15) is 0 Å². The van der Waals surface area contributed by atoms with E-state index in [1.54, 1.807) is 0 Å². The van der Waals surface area contributed by atoms with E-state index in [2.05, 4.69) is 55.8 Å². The second kappa shape index (κ2) is 2.98. The Morgan fingerprint density at radius 1 is 0.917 bits per heavy atom. The van der Waals surface area contributed by atoms with Crippen molar-refractivity contribution in [3.63, 3.8) is 0 Å². The van der Waals surface area contributed by atoms with Crippen LogP contribution in [0.25, 0.3) is 5.57 Å². The highest BCUT2D eigenvalue weighted by molar-refractivity contribution is 5.77. The molecule has 1 aliphatic rings. The van der Waals surface area contributed by atoms with Crippen LogP contribution in [0.2, 0.25) is 0 Å². The average Bonchev–Trinajstić information content (AvgIpc) is 2.58. The van der Waals surface area contributed by atoms with Crippen LogP contribution >= 0.6 is 0 Å². The van der Waals surface area contributed by atoms with Crippen LogP contribution in [0.1, 0.15) is 11.1 Å². The molecule has 0 spiro atoms. The number of allylic oxidation sites excluding steroid dienone is 4. The van der Waals surface area contributed by atoms with Crippen LogP contribution in [-0.2, 0) is 0 Å². The predicted molar refractivity (Wildman–Crippen MR) is 52.6 cm³/mol. The fraction of sp³-hybridized carbons (Fsp3) is 0.0833. The molecule has 1 aromatic rings. The Balaban J connectivity index is 2.30. The zero-order chi connectivity index (χ0) is 8.39. The Labute approximate surface area is 73.2 Å². The Morgan fingerprint density at radius 3 is 2.25 bits per heavy atom. The topological polar surface area (TPSA) is 0 Å². The fourth-order valence-electron chi connectivity index (χ4n) is 1.31. The molecule has 1 radical (unpaired) electrons. The maximum Gasteiger partial charge on any atom is 0.0131 e. The van der Waals surface area contributed by atoms with E-state index < -0.39 is 0 Å². The molecule has 2 rings (SSSR count). The summed E-state index contributed by atoms with van der Waals surface area (Å²) in [7, 11) is 0. The minimum Gasteiger partial charge on any atom is -0.0760 e. The van der Waals surface area contributed by atoms with Gasteiger partial charge < -0.3 is 0 Å². The Kier molecular flexibility index (Phi) is 1.83. The Bertz CT molecular complexity index is 326. The van der Waals surface area contributed by atoms with Gasteiger partial charge in [-0.05, 0) is 18.1 Å². The van der Waals surface area contributed by atoms with Gasteiger partial charge in [0.25, 0.3) is 0 Å². The van der Waals surface area contributed by atoms with E-state index >= 15 is 0 Å². The summed E-state index contributed by atoms with van der Waals surface area (Å²) >= 11 is 0. The normalized spacial score (nSPS) is 14.9. The minimum atomic E-state index is 1.30. The Hall–Kier alpha value is -1.30. The van der Waals surface area contributed by atoms with Crippen molar-refractivity contribution in [2.45, 2.75) is 6.92 Å². The molecule has 0 heterocycles. The Morgan fingerprint density at radius 2 is 1.67 bits per heavy atom. The molecule has 0 N–H and O–H groups in total. The van der Waals surface area contributed by atoms with E-state index in [1.165, 1.54) is 16.7 Å². The molecular weight excluding hydrogens is 144 g/mol. The maximum absolute atomic E-state index is 2.16. The number of benzene rings is 1. The smallest absolute Gasteiger partial charge is 0.0131 e. The molecule has 0 heteroatoms. The molecule has 12 heavy (non-hydrogen) atoms. The minimum absolute atomic E-state index is 1.30. The van der Waals surface area contributed by atoms with Gasteiger partial charge in [0.2, 0.25) is 0 Å². The summed E-state index contributed by atoms with van der Waals surface area (Å²) in [6.45, 7) is 2.11. The first-order valence-corrected chi connectivity index (χ1v) is 4.15. The van der Waals surface area contributed by atoms with Gasteiger partial charge in [0, 0.05) is 6.42 Å². The van der Waals surface area contributed by atoms with Crippen LogP contribution in [-0.4, -0.2) is 0 Å². The number of hydrogen-bond acceptors (Lipinski definition) is 0. The standard InChI is InChI=1S/C12H11/c1-10-6-8-12(9-7-10)11-4-2-3-5-11/h2-9H,1H3. The first-order valence-electron chi connectivity index (χ1n) is 4.15. The highest BCUT2D eigenvalue weighted by atomic mass is 14.1. The molecule has 0 fully saturated rings. The average molecular weight is 155 g/mol. The first kappa shape index (κ1) is 7.35. The summed E-state index contributed by atoms with van der Waals surface area (Å²) in [6.07, 6.45) is 8.39. The second-order valence-corrected chi connectivity index (χ2v) is 3.04. The van der Waals surface area contributed by atoms with E-state index in [4.69, 9.17) is 0 Å². The molecule has 1 aliphatic carbocycles. The van der Waals surface area contributed by atoms with Crippen LogP contribution in [0.5, 0.6) is 0 Å². The van der Waals surface area contributed by atoms with E-state index in [0.29, 0.717) is 0 Å². The zero-order valence-corrected chi connectivity index (χ0v) is 7.12. The number of hydrogen-bond donors (Lipinski definition) is 0. The summed E-state index contributed by atoms with van der Waals surface area (Å²) in [4.78, 5) is 0. The van der Waals surface area contributed by atoms with Crippen LogP contribution in [0.4, 0.5) is 0 Å². The van der Waals surface area contributed by atoms with Gasteiger partial charge in [-0.2, -0.15) is 0 Å². The summed E-state index contributed by atoms with van der Waals surface area (Å²) < 4.78 is 0. The van der Waals surface area contributed by atoms with Gasteiger partial charge in [0.15, 0.2) is 0 Å². The molecule has 0 amide bonds. The van der Waals surface area contributed by atoms with Crippen molar-refractivity contribution in [2.24, 2.45) is 0 Å². The van der Waals surface area contributed by atoms with Gasteiger partial charge in [-0.1, -0.05) is 48.1 Å². The summed E-state index contributed by atoms with van der Waals surface area (Å²) in [5.74, 6) is 0. The van der Waals surface area contributed by atoms with E-state index in [1.807, 2.05) is 0 Å². The van der Waals surface area contributed by atoms with E-state index in [-0.39, 0.29) is 0 Å². The van der Waals surface area contributed by atoms with Crippen LogP contribution in [0.15, 0.2) is 42.5 Å². The molecule has 0 atom stereocenters. The molecule has 0 saturated carbocycles.